The first kappa shape index (κ1) is 14.8. The van der Waals surface area contributed by atoms with Crippen LogP contribution < -0.4 is 11.1 Å². The zero-order valence-corrected chi connectivity index (χ0v) is 11.3. The van der Waals surface area contributed by atoms with Crippen LogP contribution in [0.3, 0.4) is 0 Å². The Morgan fingerprint density at radius 2 is 2.22 bits per heavy atom. The molecule has 0 saturated heterocycles. The number of hydrogen-bond acceptors (Lipinski definition) is 4. The molecular formula is C13H19ClN2O2. The summed E-state index contributed by atoms with van der Waals surface area (Å²) >= 11 is 5.91. The fraction of sp³-hybridized carbons (Fsp3) is 0.462. The van der Waals surface area contributed by atoms with Gasteiger partial charge in [-0.15, -0.1) is 0 Å². The van der Waals surface area contributed by atoms with Gasteiger partial charge in [-0.2, -0.15) is 0 Å². The van der Waals surface area contributed by atoms with Gasteiger partial charge >= 0.3 is 5.97 Å². The summed E-state index contributed by atoms with van der Waals surface area (Å²) in [5.74, 6) is -0.419. The Labute approximate surface area is 112 Å². The van der Waals surface area contributed by atoms with E-state index in [0.29, 0.717) is 29.4 Å². The number of carbonyl (C=O) groups is 1. The van der Waals surface area contributed by atoms with Gasteiger partial charge in [0.25, 0.3) is 0 Å². The number of rotatable bonds is 7. The molecule has 0 unspecified atom stereocenters. The Kier molecular flexibility index (Phi) is 6.54. The number of benzene rings is 1. The van der Waals surface area contributed by atoms with Crippen LogP contribution in [0.4, 0.5) is 5.69 Å². The van der Waals surface area contributed by atoms with Crippen molar-refractivity contribution >= 4 is 23.3 Å². The third-order valence-corrected chi connectivity index (χ3v) is 2.74. The second-order valence-corrected chi connectivity index (χ2v) is 4.39. The number of unbranched alkanes of at least 4 members (excludes halogenated alkanes) is 1. The SMILES string of the molecule is CCCCNCCOC(=O)c1ccc(N)cc1Cl. The van der Waals surface area contributed by atoms with Gasteiger partial charge in [0, 0.05) is 12.2 Å². The number of halogens is 1. The molecule has 1 rings (SSSR count). The number of nitrogen functional groups attached to an aromatic ring is 1. The van der Waals surface area contributed by atoms with Crippen molar-refractivity contribution in [3.05, 3.63) is 28.8 Å². The van der Waals surface area contributed by atoms with Crippen LogP contribution in [0.2, 0.25) is 5.02 Å². The zero-order chi connectivity index (χ0) is 13.4. The summed E-state index contributed by atoms with van der Waals surface area (Å²) in [6.45, 7) is 4.06. The first-order valence-electron chi connectivity index (χ1n) is 6.08. The summed E-state index contributed by atoms with van der Waals surface area (Å²) in [4.78, 5) is 11.7. The molecule has 0 amide bonds. The van der Waals surface area contributed by atoms with Crippen molar-refractivity contribution in [1.82, 2.24) is 5.32 Å². The number of esters is 1. The molecule has 0 aliphatic carbocycles. The van der Waals surface area contributed by atoms with Crippen molar-refractivity contribution in [2.75, 3.05) is 25.4 Å². The van der Waals surface area contributed by atoms with Crippen molar-refractivity contribution in [2.24, 2.45) is 0 Å². The minimum Gasteiger partial charge on any atom is -0.461 e. The highest BCUT2D eigenvalue weighted by molar-refractivity contribution is 6.33. The van der Waals surface area contributed by atoms with Crippen LogP contribution in [0.1, 0.15) is 30.1 Å². The van der Waals surface area contributed by atoms with Crippen LogP contribution in [0.5, 0.6) is 0 Å². The molecule has 18 heavy (non-hydrogen) atoms. The summed E-state index contributed by atoms with van der Waals surface area (Å²) in [6, 6.07) is 4.74. The molecule has 0 aliphatic rings. The van der Waals surface area contributed by atoms with Crippen LogP contribution in [-0.4, -0.2) is 25.7 Å². The van der Waals surface area contributed by atoms with Gasteiger partial charge in [0.2, 0.25) is 0 Å². The summed E-state index contributed by atoms with van der Waals surface area (Å²) in [5, 5.41) is 3.51. The molecule has 0 aromatic heterocycles. The third-order valence-electron chi connectivity index (χ3n) is 2.43. The maximum atomic E-state index is 11.7. The Morgan fingerprint density at radius 1 is 1.44 bits per heavy atom. The van der Waals surface area contributed by atoms with Crippen molar-refractivity contribution < 1.29 is 9.53 Å². The average molecular weight is 271 g/mol. The summed E-state index contributed by atoms with van der Waals surface area (Å²) < 4.78 is 5.10. The van der Waals surface area contributed by atoms with E-state index < -0.39 is 5.97 Å². The number of nitrogens with one attached hydrogen (secondary N) is 1. The highest BCUT2D eigenvalue weighted by Crippen LogP contribution is 2.19. The first-order valence-corrected chi connectivity index (χ1v) is 6.45. The molecular weight excluding hydrogens is 252 g/mol. The van der Waals surface area contributed by atoms with Crippen LogP contribution >= 0.6 is 11.6 Å². The largest absolute Gasteiger partial charge is 0.461 e. The van der Waals surface area contributed by atoms with Crippen LogP contribution in [-0.2, 0) is 4.74 Å². The van der Waals surface area contributed by atoms with E-state index in [2.05, 4.69) is 12.2 Å². The summed E-state index contributed by atoms with van der Waals surface area (Å²) in [5.41, 5.74) is 6.42. The Balaban J connectivity index is 2.32. The normalized spacial score (nSPS) is 10.3. The number of nitrogens with two attached hydrogens (primary N) is 1. The minimum atomic E-state index is -0.419. The van der Waals surface area contributed by atoms with E-state index in [0.717, 1.165) is 19.4 Å². The third kappa shape index (κ3) is 4.94. The Morgan fingerprint density at radius 3 is 2.89 bits per heavy atom. The van der Waals surface area contributed by atoms with Gasteiger partial charge in [0.15, 0.2) is 0 Å². The topological polar surface area (TPSA) is 64.3 Å². The fourth-order valence-corrected chi connectivity index (χ4v) is 1.68. The van der Waals surface area contributed by atoms with Crippen molar-refractivity contribution in [3.8, 4) is 0 Å². The van der Waals surface area contributed by atoms with E-state index in [1.165, 1.54) is 6.07 Å². The lowest BCUT2D eigenvalue weighted by atomic mass is 10.2. The average Bonchev–Trinajstić information content (AvgIpc) is 2.33. The van der Waals surface area contributed by atoms with Gasteiger partial charge < -0.3 is 15.8 Å². The van der Waals surface area contributed by atoms with E-state index in [1.807, 2.05) is 0 Å². The molecule has 0 atom stereocenters. The standard InChI is InChI=1S/C13H19ClN2O2/c1-2-3-6-16-7-8-18-13(17)11-5-4-10(15)9-12(11)14/h4-5,9,16H,2-3,6-8,15H2,1H3. The zero-order valence-electron chi connectivity index (χ0n) is 10.5. The van der Waals surface area contributed by atoms with Gasteiger partial charge in [-0.3, -0.25) is 0 Å². The smallest absolute Gasteiger partial charge is 0.339 e. The second kappa shape index (κ2) is 7.95. The van der Waals surface area contributed by atoms with Crippen molar-refractivity contribution in [1.29, 1.82) is 0 Å². The first-order chi connectivity index (χ1) is 8.65. The molecule has 1 aromatic carbocycles. The Bertz CT molecular complexity index is 397. The molecule has 0 heterocycles. The van der Waals surface area contributed by atoms with E-state index in [9.17, 15) is 4.79 Å². The monoisotopic (exact) mass is 270 g/mol. The number of carbonyl (C=O) groups excluding carboxylic acids is 1. The molecule has 0 fully saturated rings. The number of ether oxygens (including phenoxy) is 1. The van der Waals surface area contributed by atoms with Gasteiger partial charge in [-0.1, -0.05) is 24.9 Å². The predicted molar refractivity (Wildman–Crippen MR) is 73.9 cm³/mol. The van der Waals surface area contributed by atoms with Crippen LogP contribution in [0, 0.1) is 0 Å². The second-order valence-electron chi connectivity index (χ2n) is 3.98. The molecule has 0 bridgehead atoms. The lowest BCUT2D eigenvalue weighted by Gasteiger charge is -2.07. The molecule has 100 valence electrons. The lowest BCUT2D eigenvalue weighted by molar-refractivity contribution is 0.0509. The van der Waals surface area contributed by atoms with E-state index in [4.69, 9.17) is 22.1 Å². The van der Waals surface area contributed by atoms with Gasteiger partial charge in [-0.05, 0) is 31.2 Å². The van der Waals surface area contributed by atoms with E-state index >= 15 is 0 Å². The van der Waals surface area contributed by atoms with Gasteiger partial charge in [0.1, 0.15) is 6.61 Å². The molecule has 0 aliphatic heterocycles. The quantitative estimate of drug-likeness (QED) is 0.454. The summed E-state index contributed by atoms with van der Waals surface area (Å²) in [7, 11) is 0. The van der Waals surface area contributed by atoms with Crippen LogP contribution in [0.25, 0.3) is 0 Å². The summed E-state index contributed by atoms with van der Waals surface area (Å²) in [6.07, 6.45) is 2.27. The van der Waals surface area contributed by atoms with E-state index in [-0.39, 0.29) is 0 Å². The molecule has 0 saturated carbocycles. The molecule has 3 N–H and O–H groups in total. The van der Waals surface area contributed by atoms with Gasteiger partial charge in [-0.25, -0.2) is 4.79 Å². The number of hydrogen-bond donors (Lipinski definition) is 2. The maximum absolute atomic E-state index is 11.7. The molecule has 0 spiro atoms. The highest BCUT2D eigenvalue weighted by Gasteiger charge is 2.11. The lowest BCUT2D eigenvalue weighted by Crippen LogP contribution is -2.22. The molecule has 1 aromatic rings. The fourth-order valence-electron chi connectivity index (χ4n) is 1.42. The molecule has 4 nitrogen and oxygen atoms in total. The van der Waals surface area contributed by atoms with Crippen LogP contribution in [0.15, 0.2) is 18.2 Å². The minimum absolute atomic E-state index is 0.318. The molecule has 0 radical (unpaired) electrons. The van der Waals surface area contributed by atoms with Crippen molar-refractivity contribution in [3.63, 3.8) is 0 Å². The highest BCUT2D eigenvalue weighted by atomic mass is 35.5. The predicted octanol–water partition coefficient (Wildman–Crippen LogP) is 2.47. The van der Waals surface area contributed by atoms with Crippen molar-refractivity contribution in [2.45, 2.75) is 19.8 Å². The van der Waals surface area contributed by atoms with Gasteiger partial charge in [0.05, 0.1) is 10.6 Å². The Hall–Kier alpha value is -1.26. The maximum Gasteiger partial charge on any atom is 0.339 e. The molecule has 5 heteroatoms. The van der Waals surface area contributed by atoms with E-state index in [1.54, 1.807) is 12.1 Å². The number of anilines is 1.